The van der Waals surface area contributed by atoms with Crippen molar-refractivity contribution in [3.63, 3.8) is 0 Å². The number of amides is 2. The van der Waals surface area contributed by atoms with E-state index in [0.717, 1.165) is 17.7 Å². The topological polar surface area (TPSA) is 130 Å². The van der Waals surface area contributed by atoms with Gasteiger partial charge in [0.2, 0.25) is 6.39 Å². The van der Waals surface area contributed by atoms with E-state index in [2.05, 4.69) is 30.3 Å². The van der Waals surface area contributed by atoms with E-state index < -0.39 is 12.0 Å². The van der Waals surface area contributed by atoms with E-state index in [4.69, 9.17) is 5.11 Å². The van der Waals surface area contributed by atoms with Crippen LogP contribution in [0, 0.1) is 0 Å². The molecule has 0 saturated heterocycles. The zero-order valence-electron chi connectivity index (χ0n) is 9.49. The lowest BCUT2D eigenvalue weighted by Gasteiger charge is -2.03. The van der Waals surface area contributed by atoms with Gasteiger partial charge in [-0.25, -0.2) is 14.6 Å². The van der Waals surface area contributed by atoms with Crippen molar-refractivity contribution >= 4 is 23.3 Å². The van der Waals surface area contributed by atoms with Gasteiger partial charge in [0, 0.05) is 5.38 Å². The molecule has 2 rings (SSSR count). The number of aromatic nitrogens is 3. The summed E-state index contributed by atoms with van der Waals surface area (Å²) in [4.78, 5) is 29.6. The maximum absolute atomic E-state index is 11.4. The number of rotatable bonds is 5. The molecule has 0 aliphatic carbocycles. The van der Waals surface area contributed by atoms with Crippen molar-refractivity contribution in [2.24, 2.45) is 0 Å². The van der Waals surface area contributed by atoms with E-state index in [1.165, 1.54) is 5.38 Å². The van der Waals surface area contributed by atoms with Crippen LogP contribution in [0.1, 0.15) is 21.3 Å². The smallest absolute Gasteiger partial charge is 0.355 e. The van der Waals surface area contributed by atoms with Crippen molar-refractivity contribution in [1.29, 1.82) is 0 Å². The highest BCUT2D eigenvalue weighted by molar-refractivity contribution is 7.09. The molecule has 100 valence electrons. The number of urea groups is 1. The molecule has 2 heterocycles. The molecule has 0 aliphatic heterocycles. The van der Waals surface area contributed by atoms with Gasteiger partial charge >= 0.3 is 12.0 Å². The number of carbonyl (C=O) groups excluding carboxylic acids is 1. The monoisotopic (exact) mass is 283 g/mol. The molecule has 0 aliphatic rings. The van der Waals surface area contributed by atoms with Gasteiger partial charge in [0.15, 0.2) is 11.5 Å². The van der Waals surface area contributed by atoms with Crippen molar-refractivity contribution in [2.75, 3.05) is 0 Å². The molecule has 3 N–H and O–H groups in total. The minimum atomic E-state index is -1.09. The molecule has 0 aromatic carbocycles. The first kappa shape index (κ1) is 13.0. The molecule has 0 saturated carbocycles. The summed E-state index contributed by atoms with van der Waals surface area (Å²) in [5.41, 5.74) is -0.0333. The van der Waals surface area contributed by atoms with E-state index in [-0.39, 0.29) is 18.8 Å². The normalized spacial score (nSPS) is 10.1. The van der Waals surface area contributed by atoms with E-state index >= 15 is 0 Å². The summed E-state index contributed by atoms with van der Waals surface area (Å²) < 4.78 is 4.50. The molecule has 0 bridgehead atoms. The minimum Gasteiger partial charge on any atom is -0.476 e. The van der Waals surface area contributed by atoms with Gasteiger partial charge in [-0.05, 0) is 0 Å². The number of nitrogens with zero attached hydrogens (tertiary/aromatic N) is 3. The molecule has 2 aromatic heterocycles. The Morgan fingerprint density at radius 3 is 2.79 bits per heavy atom. The van der Waals surface area contributed by atoms with Crippen LogP contribution in [-0.4, -0.2) is 32.2 Å². The van der Waals surface area contributed by atoms with Crippen LogP contribution in [0.2, 0.25) is 0 Å². The van der Waals surface area contributed by atoms with Crippen molar-refractivity contribution in [1.82, 2.24) is 25.8 Å². The number of aromatic carboxylic acids is 1. The highest BCUT2D eigenvalue weighted by Crippen LogP contribution is 2.09. The van der Waals surface area contributed by atoms with Crippen molar-refractivity contribution in [3.8, 4) is 0 Å². The predicted molar refractivity (Wildman–Crippen MR) is 62.4 cm³/mol. The second-order valence-electron chi connectivity index (χ2n) is 3.32. The lowest BCUT2D eigenvalue weighted by atomic mass is 10.5. The summed E-state index contributed by atoms with van der Waals surface area (Å²) in [6.07, 6.45) is 1.16. The molecule has 0 fully saturated rings. The number of thiazole rings is 1. The first-order chi connectivity index (χ1) is 9.15. The maximum atomic E-state index is 11.4. The summed E-state index contributed by atoms with van der Waals surface area (Å²) >= 11 is 1.16. The first-order valence-electron chi connectivity index (χ1n) is 5.10. The summed E-state index contributed by atoms with van der Waals surface area (Å²) in [7, 11) is 0. The predicted octanol–water partition coefficient (Wildman–Crippen LogP) is 0.224. The molecule has 19 heavy (non-hydrogen) atoms. The van der Waals surface area contributed by atoms with Gasteiger partial charge in [-0.15, -0.1) is 11.3 Å². The maximum Gasteiger partial charge on any atom is 0.355 e. The molecular formula is C9H9N5O4S. The van der Waals surface area contributed by atoms with Crippen LogP contribution in [-0.2, 0) is 13.1 Å². The van der Waals surface area contributed by atoms with Crippen LogP contribution in [0.25, 0.3) is 0 Å². The fourth-order valence-electron chi connectivity index (χ4n) is 1.14. The second-order valence-corrected chi connectivity index (χ2v) is 4.26. The SMILES string of the molecule is O=C(NCc1ncon1)NCc1nc(C(=O)O)cs1. The van der Waals surface area contributed by atoms with Gasteiger partial charge in [0.05, 0.1) is 13.1 Å². The van der Waals surface area contributed by atoms with E-state index in [0.29, 0.717) is 10.8 Å². The Hall–Kier alpha value is -2.49. The van der Waals surface area contributed by atoms with E-state index in [9.17, 15) is 9.59 Å². The highest BCUT2D eigenvalue weighted by Gasteiger charge is 2.09. The molecule has 0 unspecified atom stereocenters. The van der Waals surface area contributed by atoms with Crippen LogP contribution in [0.3, 0.4) is 0 Å². The summed E-state index contributed by atoms with van der Waals surface area (Å²) in [6, 6.07) is -0.433. The van der Waals surface area contributed by atoms with Gasteiger partial charge in [-0.1, -0.05) is 5.16 Å². The Kier molecular flexibility index (Phi) is 4.03. The van der Waals surface area contributed by atoms with Crippen LogP contribution in [0.15, 0.2) is 16.3 Å². The third kappa shape index (κ3) is 3.74. The molecule has 0 radical (unpaired) electrons. The number of carboxylic acid groups (broad SMARTS) is 1. The lowest BCUT2D eigenvalue weighted by Crippen LogP contribution is -2.34. The summed E-state index contributed by atoms with van der Waals surface area (Å²) in [5.74, 6) is -0.735. The number of nitrogens with one attached hydrogen (secondary N) is 2. The summed E-state index contributed by atoms with van der Waals surface area (Å²) in [6.45, 7) is 0.288. The molecule has 10 heteroatoms. The first-order valence-corrected chi connectivity index (χ1v) is 5.98. The van der Waals surface area contributed by atoms with Crippen molar-refractivity contribution < 1.29 is 19.2 Å². The van der Waals surface area contributed by atoms with E-state index in [1.807, 2.05) is 0 Å². The Morgan fingerprint density at radius 2 is 2.16 bits per heavy atom. The standard InChI is InChI=1S/C9H9N5O4S/c15-8(16)5-3-19-7(13-5)2-11-9(17)10-1-6-12-4-18-14-6/h3-4H,1-2H2,(H,15,16)(H2,10,11,17). The van der Waals surface area contributed by atoms with Gasteiger partial charge in [-0.2, -0.15) is 4.98 Å². The number of hydrogen-bond acceptors (Lipinski definition) is 7. The van der Waals surface area contributed by atoms with Crippen molar-refractivity contribution in [3.05, 3.63) is 28.3 Å². The highest BCUT2D eigenvalue weighted by atomic mass is 32.1. The number of carboxylic acids is 1. The van der Waals surface area contributed by atoms with Crippen molar-refractivity contribution in [2.45, 2.75) is 13.1 Å². The zero-order chi connectivity index (χ0) is 13.7. The molecule has 2 aromatic rings. The Balaban J connectivity index is 1.75. The Bertz CT molecular complexity index is 567. The second kappa shape index (κ2) is 5.91. The zero-order valence-corrected chi connectivity index (χ0v) is 10.3. The van der Waals surface area contributed by atoms with Crippen LogP contribution < -0.4 is 10.6 Å². The van der Waals surface area contributed by atoms with Gasteiger partial charge in [-0.3, -0.25) is 0 Å². The van der Waals surface area contributed by atoms with Crippen LogP contribution in [0.4, 0.5) is 4.79 Å². The van der Waals surface area contributed by atoms with Gasteiger partial charge < -0.3 is 20.3 Å². The third-order valence-electron chi connectivity index (χ3n) is 1.99. The molecule has 9 nitrogen and oxygen atoms in total. The molecular weight excluding hydrogens is 274 g/mol. The van der Waals surface area contributed by atoms with E-state index in [1.54, 1.807) is 0 Å². The average molecular weight is 283 g/mol. The quantitative estimate of drug-likeness (QED) is 0.715. The molecule has 0 spiro atoms. The fraction of sp³-hybridized carbons (Fsp3) is 0.222. The molecule has 2 amide bonds. The van der Waals surface area contributed by atoms with Gasteiger partial charge in [0.1, 0.15) is 5.01 Å². The lowest BCUT2D eigenvalue weighted by molar-refractivity contribution is 0.0691. The average Bonchev–Trinajstić information content (AvgIpc) is 3.05. The van der Waals surface area contributed by atoms with Gasteiger partial charge in [0.25, 0.3) is 0 Å². The Labute approximate surface area is 110 Å². The van der Waals surface area contributed by atoms with Crippen LogP contribution >= 0.6 is 11.3 Å². The Morgan fingerprint density at radius 1 is 1.37 bits per heavy atom. The third-order valence-corrected chi connectivity index (χ3v) is 2.83. The molecule has 0 atom stereocenters. The number of carbonyl (C=O) groups is 2. The number of hydrogen-bond donors (Lipinski definition) is 3. The fourth-order valence-corrected chi connectivity index (χ4v) is 1.85. The van der Waals surface area contributed by atoms with Crippen LogP contribution in [0.5, 0.6) is 0 Å². The minimum absolute atomic E-state index is 0.0333. The largest absolute Gasteiger partial charge is 0.476 e. The summed E-state index contributed by atoms with van der Waals surface area (Å²) in [5, 5.41) is 19.2.